The molecule has 0 saturated carbocycles. The van der Waals surface area contributed by atoms with E-state index in [9.17, 15) is 18.8 Å². The van der Waals surface area contributed by atoms with E-state index in [1.54, 1.807) is 18.2 Å². The Morgan fingerprint density at radius 3 is 2.55 bits per heavy atom. The fourth-order valence-electron chi connectivity index (χ4n) is 3.85. The number of benzene rings is 2. The molecule has 1 N–H and O–H groups in total. The Labute approximate surface area is 189 Å². The van der Waals surface area contributed by atoms with Gasteiger partial charge in [0.05, 0.1) is 33.4 Å². The third-order valence-electron chi connectivity index (χ3n) is 5.44. The molecule has 9 nitrogen and oxygen atoms in total. The van der Waals surface area contributed by atoms with Gasteiger partial charge in [-0.3, -0.25) is 9.59 Å². The van der Waals surface area contributed by atoms with Gasteiger partial charge in [0, 0.05) is 12.0 Å². The summed E-state index contributed by atoms with van der Waals surface area (Å²) in [6, 6.07) is 11.0. The molecule has 33 heavy (non-hydrogen) atoms. The highest BCUT2D eigenvalue weighted by Crippen LogP contribution is 2.35. The fourth-order valence-corrected chi connectivity index (χ4v) is 3.85. The van der Waals surface area contributed by atoms with Crippen molar-refractivity contribution in [1.82, 2.24) is 10.2 Å². The first-order valence-electron chi connectivity index (χ1n) is 10.4. The van der Waals surface area contributed by atoms with Crippen LogP contribution in [0.15, 0.2) is 48.5 Å². The summed E-state index contributed by atoms with van der Waals surface area (Å²) in [6.45, 7) is 0.500. The zero-order valence-corrected chi connectivity index (χ0v) is 17.9. The van der Waals surface area contributed by atoms with Crippen molar-refractivity contribution < 1.29 is 37.7 Å². The number of methoxy groups -OCH3 is 1. The summed E-state index contributed by atoms with van der Waals surface area (Å²) in [4.78, 5) is 38.9. The topological polar surface area (TPSA) is 103 Å². The van der Waals surface area contributed by atoms with Crippen LogP contribution >= 0.6 is 0 Å². The van der Waals surface area contributed by atoms with Gasteiger partial charge in [-0.2, -0.15) is 0 Å². The Morgan fingerprint density at radius 1 is 1.12 bits per heavy atom. The molecule has 2 aromatic rings. The third kappa shape index (κ3) is 5.12. The Hall–Kier alpha value is -3.50. The summed E-state index contributed by atoms with van der Waals surface area (Å²) in [5, 5.41) is 2.56. The summed E-state index contributed by atoms with van der Waals surface area (Å²) in [6.07, 6.45) is 0.169. The van der Waals surface area contributed by atoms with Gasteiger partial charge in [-0.05, 0) is 42.5 Å². The Morgan fingerprint density at radius 2 is 1.85 bits per heavy atom. The standard InChI is InChI=1S/C23H23FN2O7/c1-30-22(29)19-12-23(31-9-10-32-23)14-26(19)20(27)13-25-21(28)15-3-2-4-18(11-15)33-17-7-5-16(24)6-8-17/h2-8,11,19H,9-10,12-14H2,1H3,(H,25,28)/t19-/m0/s1. The normalized spacial score (nSPS) is 18.8. The zero-order chi connectivity index (χ0) is 23.4. The van der Waals surface area contributed by atoms with Gasteiger partial charge in [0.15, 0.2) is 5.79 Å². The van der Waals surface area contributed by atoms with Crippen LogP contribution in [0.3, 0.4) is 0 Å². The number of carbonyl (C=O) groups excluding carboxylic acids is 3. The summed E-state index contributed by atoms with van der Waals surface area (Å²) in [7, 11) is 1.25. The molecule has 0 bridgehead atoms. The Kier molecular flexibility index (Phi) is 6.57. The van der Waals surface area contributed by atoms with Crippen molar-refractivity contribution in [3.63, 3.8) is 0 Å². The van der Waals surface area contributed by atoms with Crippen LogP contribution in [0.1, 0.15) is 16.8 Å². The van der Waals surface area contributed by atoms with Gasteiger partial charge in [-0.1, -0.05) is 6.07 Å². The molecule has 1 atom stereocenters. The van der Waals surface area contributed by atoms with Gasteiger partial charge in [0.2, 0.25) is 5.91 Å². The van der Waals surface area contributed by atoms with Crippen LogP contribution in [0.2, 0.25) is 0 Å². The molecule has 174 valence electrons. The van der Waals surface area contributed by atoms with Crippen LogP contribution in [-0.2, 0) is 23.8 Å². The van der Waals surface area contributed by atoms with Crippen LogP contribution in [-0.4, -0.2) is 67.9 Å². The minimum absolute atomic E-state index is 0.0719. The number of carbonyl (C=O) groups is 3. The molecule has 10 heteroatoms. The van der Waals surface area contributed by atoms with E-state index in [0.29, 0.717) is 24.7 Å². The molecule has 0 aliphatic carbocycles. The monoisotopic (exact) mass is 458 g/mol. The Balaban J connectivity index is 1.38. The number of hydrogen-bond acceptors (Lipinski definition) is 7. The molecule has 0 aromatic heterocycles. The third-order valence-corrected chi connectivity index (χ3v) is 5.44. The zero-order valence-electron chi connectivity index (χ0n) is 17.9. The summed E-state index contributed by atoms with van der Waals surface area (Å²) in [5.74, 6) is -2.15. The second kappa shape index (κ2) is 9.55. The van der Waals surface area contributed by atoms with E-state index >= 15 is 0 Å². The molecule has 2 amide bonds. The van der Waals surface area contributed by atoms with E-state index < -0.39 is 29.6 Å². The first kappa shape index (κ1) is 22.7. The van der Waals surface area contributed by atoms with Crippen molar-refractivity contribution >= 4 is 17.8 Å². The second-order valence-corrected chi connectivity index (χ2v) is 7.64. The smallest absolute Gasteiger partial charge is 0.328 e. The average Bonchev–Trinajstić information content (AvgIpc) is 3.45. The number of rotatable bonds is 6. The molecule has 4 rings (SSSR count). The van der Waals surface area contributed by atoms with E-state index in [4.69, 9.17) is 18.9 Å². The lowest BCUT2D eigenvalue weighted by molar-refractivity contribution is -0.152. The van der Waals surface area contributed by atoms with E-state index in [1.807, 2.05) is 0 Å². The largest absolute Gasteiger partial charge is 0.467 e. The maximum Gasteiger partial charge on any atom is 0.328 e. The highest BCUT2D eigenvalue weighted by molar-refractivity contribution is 5.97. The molecule has 2 heterocycles. The van der Waals surface area contributed by atoms with Crippen molar-refractivity contribution in [2.24, 2.45) is 0 Å². The first-order valence-corrected chi connectivity index (χ1v) is 10.4. The molecular weight excluding hydrogens is 435 g/mol. The first-order chi connectivity index (χ1) is 15.9. The van der Waals surface area contributed by atoms with Gasteiger partial charge in [-0.15, -0.1) is 0 Å². The Bertz CT molecular complexity index is 1040. The number of nitrogens with one attached hydrogen (secondary N) is 1. The lowest BCUT2D eigenvalue weighted by Crippen LogP contribution is -2.46. The number of nitrogens with zero attached hydrogens (tertiary/aromatic N) is 1. The van der Waals surface area contributed by atoms with Crippen molar-refractivity contribution in [3.8, 4) is 11.5 Å². The number of halogens is 1. The number of ether oxygens (including phenoxy) is 4. The number of hydrogen-bond donors (Lipinski definition) is 1. The van der Waals surface area contributed by atoms with Gasteiger partial charge in [-0.25, -0.2) is 9.18 Å². The van der Waals surface area contributed by atoms with Crippen LogP contribution < -0.4 is 10.1 Å². The van der Waals surface area contributed by atoms with Crippen molar-refractivity contribution in [2.75, 3.05) is 33.4 Å². The van der Waals surface area contributed by atoms with Crippen LogP contribution in [0, 0.1) is 5.82 Å². The molecule has 2 fully saturated rings. The SMILES string of the molecule is COC(=O)[C@@H]1CC2(CN1C(=O)CNC(=O)c1cccc(Oc3ccc(F)cc3)c1)OCCO2. The number of likely N-dealkylation sites (tertiary alicyclic amines) is 1. The molecule has 2 aliphatic rings. The van der Waals surface area contributed by atoms with E-state index in [-0.39, 0.29) is 30.9 Å². The summed E-state index contributed by atoms with van der Waals surface area (Å²) < 4.78 is 34.8. The number of esters is 1. The van der Waals surface area contributed by atoms with E-state index in [2.05, 4.69) is 5.32 Å². The van der Waals surface area contributed by atoms with Crippen molar-refractivity contribution in [2.45, 2.75) is 18.2 Å². The predicted octanol–water partition coefficient (Wildman–Crippen LogP) is 1.86. The van der Waals surface area contributed by atoms with Gasteiger partial charge in [0.1, 0.15) is 23.4 Å². The van der Waals surface area contributed by atoms with Gasteiger partial charge in [0.25, 0.3) is 5.91 Å². The molecule has 2 aliphatic heterocycles. The predicted molar refractivity (Wildman–Crippen MR) is 112 cm³/mol. The molecule has 2 saturated heterocycles. The molecule has 1 spiro atoms. The van der Waals surface area contributed by atoms with Crippen molar-refractivity contribution in [3.05, 3.63) is 59.9 Å². The van der Waals surface area contributed by atoms with Crippen LogP contribution in [0.5, 0.6) is 11.5 Å². The molecule has 0 radical (unpaired) electrons. The van der Waals surface area contributed by atoms with Crippen LogP contribution in [0.25, 0.3) is 0 Å². The van der Waals surface area contributed by atoms with Gasteiger partial charge < -0.3 is 29.2 Å². The molecule has 2 aromatic carbocycles. The highest BCUT2D eigenvalue weighted by Gasteiger charge is 2.52. The minimum atomic E-state index is -1.02. The van der Waals surface area contributed by atoms with E-state index in [1.165, 1.54) is 42.3 Å². The van der Waals surface area contributed by atoms with Gasteiger partial charge >= 0.3 is 5.97 Å². The van der Waals surface area contributed by atoms with Crippen LogP contribution in [0.4, 0.5) is 4.39 Å². The molecule has 0 unspecified atom stereocenters. The maximum atomic E-state index is 13.1. The number of amides is 2. The highest BCUT2D eigenvalue weighted by atomic mass is 19.1. The summed E-state index contributed by atoms with van der Waals surface area (Å²) in [5.41, 5.74) is 0.271. The molecular formula is C23H23FN2O7. The second-order valence-electron chi connectivity index (χ2n) is 7.64. The average molecular weight is 458 g/mol. The minimum Gasteiger partial charge on any atom is -0.467 e. The van der Waals surface area contributed by atoms with Crippen molar-refractivity contribution in [1.29, 1.82) is 0 Å². The maximum absolute atomic E-state index is 13.1. The lowest BCUT2D eigenvalue weighted by atomic mass is 10.1. The fraction of sp³-hybridized carbons (Fsp3) is 0.348. The lowest BCUT2D eigenvalue weighted by Gasteiger charge is -2.23. The summed E-state index contributed by atoms with van der Waals surface area (Å²) >= 11 is 0. The quantitative estimate of drug-likeness (QED) is 0.659. The van der Waals surface area contributed by atoms with E-state index in [0.717, 1.165) is 0 Å².